The van der Waals surface area contributed by atoms with Gasteiger partial charge in [0.2, 0.25) is 5.91 Å². The summed E-state index contributed by atoms with van der Waals surface area (Å²) in [5.74, 6) is 0.0120. The fourth-order valence-electron chi connectivity index (χ4n) is 1.90. The first-order chi connectivity index (χ1) is 7.63. The number of aryl methyl sites for hydroxylation is 1. The minimum atomic E-state index is -0.575. The zero-order valence-electron chi connectivity index (χ0n) is 9.76. The highest BCUT2D eigenvalue weighted by molar-refractivity contribution is 5.83. The molecule has 88 valence electrons. The van der Waals surface area contributed by atoms with Gasteiger partial charge >= 0.3 is 0 Å². The normalized spacial score (nSPS) is 17.2. The van der Waals surface area contributed by atoms with Crippen LogP contribution >= 0.6 is 0 Å². The molecule has 1 atom stereocenters. The molecule has 0 aromatic carbocycles. The summed E-state index contributed by atoms with van der Waals surface area (Å²) in [4.78, 5) is 14.0. The van der Waals surface area contributed by atoms with Gasteiger partial charge in [-0.25, -0.2) is 0 Å². The molecule has 0 spiro atoms. The minimum absolute atomic E-state index is 0.0120. The number of likely N-dealkylation sites (N-methyl/N-ethyl adjacent to an activating group) is 1. The molecule has 0 saturated heterocycles. The Hall–Kier alpha value is -1.36. The molecule has 1 aromatic rings. The van der Waals surface area contributed by atoms with E-state index in [1.807, 2.05) is 18.9 Å². The van der Waals surface area contributed by atoms with Crippen LogP contribution in [0.5, 0.6) is 0 Å². The molecule has 5 nitrogen and oxygen atoms in total. The van der Waals surface area contributed by atoms with Crippen molar-refractivity contribution in [3.63, 3.8) is 0 Å². The summed E-state index contributed by atoms with van der Waals surface area (Å²) in [7, 11) is 1.82. The number of carbonyl (C=O) groups is 1. The molecule has 1 aromatic heterocycles. The van der Waals surface area contributed by atoms with E-state index in [9.17, 15) is 4.79 Å². The Bertz CT molecular complexity index is 383. The van der Waals surface area contributed by atoms with E-state index in [1.54, 1.807) is 17.1 Å². The second-order valence-electron chi connectivity index (χ2n) is 4.28. The number of nitrogens with zero attached hydrogens (tertiary/aromatic N) is 3. The molecule has 1 saturated carbocycles. The van der Waals surface area contributed by atoms with Gasteiger partial charge in [0.15, 0.2) is 0 Å². The van der Waals surface area contributed by atoms with Crippen molar-refractivity contribution < 1.29 is 4.79 Å². The summed E-state index contributed by atoms with van der Waals surface area (Å²) >= 11 is 0. The fraction of sp³-hybridized carbons (Fsp3) is 0.636. The first-order valence-electron chi connectivity index (χ1n) is 5.68. The number of hydrogen-bond acceptors (Lipinski definition) is 3. The lowest BCUT2D eigenvalue weighted by atomic mass is 10.1. The summed E-state index contributed by atoms with van der Waals surface area (Å²) in [6.45, 7) is 2.73. The van der Waals surface area contributed by atoms with Gasteiger partial charge in [0.05, 0.1) is 6.20 Å². The van der Waals surface area contributed by atoms with Crippen LogP contribution in [0.3, 0.4) is 0 Å². The van der Waals surface area contributed by atoms with Gasteiger partial charge in [-0.3, -0.25) is 9.48 Å². The van der Waals surface area contributed by atoms with Gasteiger partial charge in [0, 0.05) is 31.4 Å². The van der Waals surface area contributed by atoms with Gasteiger partial charge in [-0.15, -0.1) is 0 Å². The van der Waals surface area contributed by atoms with Crippen LogP contribution in [0, 0.1) is 0 Å². The van der Waals surface area contributed by atoms with E-state index in [0.29, 0.717) is 6.04 Å². The number of carbonyl (C=O) groups excluding carboxylic acids is 1. The SMILES string of the molecule is CCN(C(=O)C(N)c1cnn(C)c1)C1CC1. The van der Waals surface area contributed by atoms with Crippen molar-refractivity contribution in [2.24, 2.45) is 12.8 Å². The largest absolute Gasteiger partial charge is 0.338 e. The van der Waals surface area contributed by atoms with Crippen molar-refractivity contribution in [1.82, 2.24) is 14.7 Å². The van der Waals surface area contributed by atoms with Gasteiger partial charge in [0.1, 0.15) is 6.04 Å². The second kappa shape index (κ2) is 4.25. The van der Waals surface area contributed by atoms with Crippen molar-refractivity contribution in [3.8, 4) is 0 Å². The van der Waals surface area contributed by atoms with Gasteiger partial charge in [-0.2, -0.15) is 5.10 Å². The highest BCUT2D eigenvalue weighted by atomic mass is 16.2. The zero-order valence-corrected chi connectivity index (χ0v) is 9.76. The van der Waals surface area contributed by atoms with E-state index in [2.05, 4.69) is 5.10 Å². The van der Waals surface area contributed by atoms with Crippen molar-refractivity contribution in [1.29, 1.82) is 0 Å². The van der Waals surface area contributed by atoms with Crippen LogP contribution in [0.25, 0.3) is 0 Å². The molecule has 2 N–H and O–H groups in total. The van der Waals surface area contributed by atoms with E-state index >= 15 is 0 Å². The van der Waals surface area contributed by atoms with Crippen molar-refractivity contribution in [2.45, 2.75) is 31.8 Å². The quantitative estimate of drug-likeness (QED) is 0.803. The van der Waals surface area contributed by atoms with E-state index in [0.717, 1.165) is 24.9 Å². The van der Waals surface area contributed by atoms with Crippen molar-refractivity contribution in [2.75, 3.05) is 6.54 Å². The summed E-state index contributed by atoms with van der Waals surface area (Å²) in [5.41, 5.74) is 6.73. The van der Waals surface area contributed by atoms with Crippen LogP contribution < -0.4 is 5.73 Å². The molecule has 1 aliphatic carbocycles. The number of rotatable bonds is 4. The van der Waals surface area contributed by atoms with E-state index in [4.69, 9.17) is 5.73 Å². The highest BCUT2D eigenvalue weighted by Crippen LogP contribution is 2.28. The van der Waals surface area contributed by atoms with Gasteiger partial charge in [-0.1, -0.05) is 0 Å². The number of aromatic nitrogens is 2. The average molecular weight is 222 g/mol. The maximum absolute atomic E-state index is 12.1. The molecule has 16 heavy (non-hydrogen) atoms. The van der Waals surface area contributed by atoms with Crippen molar-refractivity contribution >= 4 is 5.91 Å². The number of hydrogen-bond donors (Lipinski definition) is 1. The molecular weight excluding hydrogens is 204 g/mol. The summed E-state index contributed by atoms with van der Waals surface area (Å²) < 4.78 is 1.66. The molecule has 5 heteroatoms. The molecule has 1 unspecified atom stereocenters. The van der Waals surface area contributed by atoms with Crippen LogP contribution in [0.2, 0.25) is 0 Å². The topological polar surface area (TPSA) is 64.2 Å². The zero-order chi connectivity index (χ0) is 11.7. The number of amides is 1. The van der Waals surface area contributed by atoms with Gasteiger partial charge in [0.25, 0.3) is 0 Å². The maximum Gasteiger partial charge on any atom is 0.244 e. The van der Waals surface area contributed by atoms with Crippen LogP contribution in [-0.4, -0.2) is 33.2 Å². The minimum Gasteiger partial charge on any atom is -0.338 e. The monoisotopic (exact) mass is 222 g/mol. The third kappa shape index (κ3) is 2.09. The Morgan fingerprint density at radius 3 is 2.88 bits per heavy atom. The third-order valence-electron chi connectivity index (χ3n) is 2.96. The van der Waals surface area contributed by atoms with E-state index in [-0.39, 0.29) is 5.91 Å². The summed E-state index contributed by atoms with van der Waals surface area (Å²) in [6.07, 6.45) is 5.67. The van der Waals surface area contributed by atoms with Crippen LogP contribution in [-0.2, 0) is 11.8 Å². The lowest BCUT2D eigenvalue weighted by molar-refractivity contribution is -0.133. The molecule has 1 amide bonds. The molecular formula is C11H18N4O. The van der Waals surface area contributed by atoms with Gasteiger partial charge < -0.3 is 10.6 Å². The lowest BCUT2D eigenvalue weighted by Crippen LogP contribution is -2.39. The Balaban J connectivity index is 2.08. The maximum atomic E-state index is 12.1. The fourth-order valence-corrected chi connectivity index (χ4v) is 1.90. The molecule has 0 radical (unpaired) electrons. The Morgan fingerprint density at radius 2 is 2.44 bits per heavy atom. The second-order valence-corrected chi connectivity index (χ2v) is 4.28. The Labute approximate surface area is 95.2 Å². The molecule has 0 bridgehead atoms. The molecule has 2 rings (SSSR count). The molecule has 0 aliphatic heterocycles. The first-order valence-corrected chi connectivity index (χ1v) is 5.68. The van der Waals surface area contributed by atoms with Crippen LogP contribution in [0.4, 0.5) is 0 Å². The van der Waals surface area contributed by atoms with Crippen molar-refractivity contribution in [3.05, 3.63) is 18.0 Å². The molecule has 1 aliphatic rings. The predicted molar refractivity (Wildman–Crippen MR) is 60.5 cm³/mol. The predicted octanol–water partition coefficient (Wildman–Crippen LogP) is 0.431. The third-order valence-corrected chi connectivity index (χ3v) is 2.96. The van der Waals surface area contributed by atoms with Crippen LogP contribution in [0.1, 0.15) is 31.4 Å². The first kappa shape index (κ1) is 11.1. The number of nitrogens with two attached hydrogens (primary N) is 1. The average Bonchev–Trinajstić information content (AvgIpc) is 3.00. The Kier molecular flexibility index (Phi) is 2.96. The van der Waals surface area contributed by atoms with E-state index < -0.39 is 6.04 Å². The van der Waals surface area contributed by atoms with Gasteiger partial charge in [-0.05, 0) is 19.8 Å². The standard InChI is InChI=1S/C11H18N4O/c1-3-15(9-4-5-9)11(16)10(12)8-6-13-14(2)7-8/h6-7,9-10H,3-5,12H2,1-2H3. The smallest absolute Gasteiger partial charge is 0.244 e. The molecule has 1 heterocycles. The highest BCUT2D eigenvalue weighted by Gasteiger charge is 2.34. The molecule has 1 fully saturated rings. The lowest BCUT2D eigenvalue weighted by Gasteiger charge is -2.23. The van der Waals surface area contributed by atoms with Crippen LogP contribution in [0.15, 0.2) is 12.4 Å². The summed E-state index contributed by atoms with van der Waals surface area (Å²) in [6, 6.07) is -0.158. The summed E-state index contributed by atoms with van der Waals surface area (Å²) in [5, 5.41) is 4.03. The Morgan fingerprint density at radius 1 is 1.75 bits per heavy atom. The van der Waals surface area contributed by atoms with E-state index in [1.165, 1.54) is 0 Å².